The molecule has 7 heteroatoms. The first kappa shape index (κ1) is 18.9. The lowest BCUT2D eigenvalue weighted by molar-refractivity contribution is 0.0963. The molecule has 1 saturated heterocycles. The highest BCUT2D eigenvalue weighted by Gasteiger charge is 2.23. The predicted molar refractivity (Wildman–Crippen MR) is 93.7 cm³/mol. The molecule has 128 valence electrons. The van der Waals surface area contributed by atoms with Crippen LogP contribution in [-0.4, -0.2) is 68.3 Å². The van der Waals surface area contributed by atoms with E-state index in [1.54, 1.807) is 11.9 Å². The monoisotopic (exact) mass is 330 g/mol. The van der Waals surface area contributed by atoms with Crippen molar-refractivity contribution >= 4 is 23.8 Å². The Morgan fingerprint density at radius 3 is 2.68 bits per heavy atom. The fourth-order valence-corrected chi connectivity index (χ4v) is 2.88. The number of ether oxygens (including phenoxy) is 1. The first-order valence-corrected chi connectivity index (χ1v) is 9.48. The van der Waals surface area contributed by atoms with Crippen molar-refractivity contribution in [1.82, 2.24) is 15.5 Å². The van der Waals surface area contributed by atoms with Crippen LogP contribution in [0.1, 0.15) is 32.6 Å². The summed E-state index contributed by atoms with van der Waals surface area (Å²) in [6, 6.07) is 0.364. The van der Waals surface area contributed by atoms with Crippen LogP contribution in [0.5, 0.6) is 0 Å². The summed E-state index contributed by atoms with van der Waals surface area (Å²) in [5.41, 5.74) is 0. The summed E-state index contributed by atoms with van der Waals surface area (Å²) in [5, 5.41) is 6.80. The van der Waals surface area contributed by atoms with Gasteiger partial charge in [-0.05, 0) is 44.6 Å². The largest absolute Gasteiger partial charge is 0.450 e. The lowest BCUT2D eigenvalue weighted by Crippen LogP contribution is -2.50. The number of carbonyl (C=O) groups excluding carboxylic acids is 1. The average molecular weight is 330 g/mol. The van der Waals surface area contributed by atoms with Gasteiger partial charge in [0.25, 0.3) is 0 Å². The zero-order valence-electron chi connectivity index (χ0n) is 14.1. The van der Waals surface area contributed by atoms with E-state index in [-0.39, 0.29) is 6.09 Å². The molecule has 22 heavy (non-hydrogen) atoms. The number of unbranched alkanes of at least 4 members (excludes halogenated alkanes) is 1. The number of likely N-dealkylation sites (tertiary alicyclic amines) is 1. The topological polar surface area (TPSA) is 66.0 Å². The lowest BCUT2D eigenvalue weighted by Gasteiger charge is -2.32. The Hall–Kier alpha value is -1.11. The van der Waals surface area contributed by atoms with Crippen molar-refractivity contribution in [3.05, 3.63) is 0 Å². The van der Waals surface area contributed by atoms with Crippen LogP contribution in [0.15, 0.2) is 4.99 Å². The standard InChI is InChI=1S/C15H30N4O2S/c1-4-21-15(20)19-10-7-13(8-11-19)18-14(16-2)17-9-5-6-12-22-3/h13H,4-12H2,1-3H3,(H2,16,17,18). The third-order valence-electron chi connectivity index (χ3n) is 3.65. The maximum absolute atomic E-state index is 11.7. The number of rotatable bonds is 7. The Labute approximate surface area is 138 Å². The van der Waals surface area contributed by atoms with Gasteiger partial charge in [0, 0.05) is 32.7 Å². The molecule has 1 rings (SSSR count). The molecule has 0 aliphatic carbocycles. The Balaban J connectivity index is 2.22. The normalized spacial score (nSPS) is 16.5. The van der Waals surface area contributed by atoms with E-state index < -0.39 is 0 Å². The highest BCUT2D eigenvalue weighted by Crippen LogP contribution is 2.11. The summed E-state index contributed by atoms with van der Waals surface area (Å²) in [7, 11) is 1.80. The molecule has 0 saturated carbocycles. The number of nitrogens with zero attached hydrogens (tertiary/aromatic N) is 2. The molecule has 0 aromatic heterocycles. The molecule has 0 spiro atoms. The minimum Gasteiger partial charge on any atom is -0.450 e. The van der Waals surface area contributed by atoms with Gasteiger partial charge in [-0.2, -0.15) is 11.8 Å². The highest BCUT2D eigenvalue weighted by molar-refractivity contribution is 7.98. The molecule has 1 amide bonds. The van der Waals surface area contributed by atoms with Crippen molar-refractivity contribution < 1.29 is 9.53 Å². The third kappa shape index (κ3) is 7.24. The Morgan fingerprint density at radius 1 is 1.36 bits per heavy atom. The second-order valence-corrected chi connectivity index (χ2v) is 6.29. The van der Waals surface area contributed by atoms with E-state index in [0.717, 1.165) is 44.9 Å². The Bertz CT molecular complexity index is 344. The number of aliphatic imine (C=N–C) groups is 1. The average Bonchev–Trinajstić information content (AvgIpc) is 2.54. The van der Waals surface area contributed by atoms with Crippen LogP contribution < -0.4 is 10.6 Å². The van der Waals surface area contributed by atoms with Gasteiger partial charge in [-0.3, -0.25) is 4.99 Å². The van der Waals surface area contributed by atoms with Gasteiger partial charge in [-0.25, -0.2) is 4.79 Å². The molecule has 1 heterocycles. The van der Waals surface area contributed by atoms with E-state index >= 15 is 0 Å². The number of piperidine rings is 1. The molecule has 1 aliphatic rings. The number of hydrogen-bond donors (Lipinski definition) is 2. The molecule has 0 aromatic carbocycles. The smallest absolute Gasteiger partial charge is 0.409 e. The van der Waals surface area contributed by atoms with Crippen LogP contribution in [0.3, 0.4) is 0 Å². The van der Waals surface area contributed by atoms with E-state index in [0.29, 0.717) is 12.6 Å². The second-order valence-electron chi connectivity index (χ2n) is 5.30. The number of guanidine groups is 1. The van der Waals surface area contributed by atoms with Crippen LogP contribution in [0.2, 0.25) is 0 Å². The molecule has 0 aromatic rings. The molecule has 0 atom stereocenters. The first-order valence-electron chi connectivity index (χ1n) is 8.09. The fraction of sp³-hybridized carbons (Fsp3) is 0.867. The summed E-state index contributed by atoms with van der Waals surface area (Å²) < 4.78 is 5.03. The van der Waals surface area contributed by atoms with Crippen molar-refractivity contribution in [2.75, 3.05) is 45.3 Å². The maximum atomic E-state index is 11.7. The predicted octanol–water partition coefficient (Wildman–Crippen LogP) is 1.92. The van der Waals surface area contributed by atoms with Gasteiger partial charge >= 0.3 is 6.09 Å². The zero-order valence-corrected chi connectivity index (χ0v) is 14.9. The van der Waals surface area contributed by atoms with Gasteiger partial charge in [-0.1, -0.05) is 0 Å². The number of hydrogen-bond acceptors (Lipinski definition) is 4. The molecule has 2 N–H and O–H groups in total. The summed E-state index contributed by atoms with van der Waals surface area (Å²) in [6.45, 7) is 4.69. The minimum absolute atomic E-state index is 0.197. The van der Waals surface area contributed by atoms with Crippen molar-refractivity contribution in [2.45, 2.75) is 38.6 Å². The van der Waals surface area contributed by atoms with Crippen LogP contribution >= 0.6 is 11.8 Å². The van der Waals surface area contributed by atoms with Crippen LogP contribution in [0.25, 0.3) is 0 Å². The molecule has 1 fully saturated rings. The van der Waals surface area contributed by atoms with Gasteiger partial charge in [0.1, 0.15) is 0 Å². The van der Waals surface area contributed by atoms with Gasteiger partial charge in [0.15, 0.2) is 5.96 Å². The molecule has 6 nitrogen and oxygen atoms in total. The summed E-state index contributed by atoms with van der Waals surface area (Å²) >= 11 is 1.88. The number of nitrogens with one attached hydrogen (secondary N) is 2. The zero-order chi connectivity index (χ0) is 16.2. The maximum Gasteiger partial charge on any atom is 0.409 e. The van der Waals surface area contributed by atoms with Crippen molar-refractivity contribution in [3.63, 3.8) is 0 Å². The first-order chi connectivity index (χ1) is 10.7. The molecule has 0 radical (unpaired) electrons. The SMILES string of the molecule is CCOC(=O)N1CCC(NC(=NC)NCCCCSC)CC1. The molecule has 0 bridgehead atoms. The second kappa shape index (κ2) is 11.5. The van der Waals surface area contributed by atoms with Crippen molar-refractivity contribution in [3.8, 4) is 0 Å². The van der Waals surface area contributed by atoms with Crippen LogP contribution in [0.4, 0.5) is 4.79 Å². The molecule has 1 aliphatic heterocycles. The fourth-order valence-electron chi connectivity index (χ4n) is 2.39. The van der Waals surface area contributed by atoms with Gasteiger partial charge in [-0.15, -0.1) is 0 Å². The molecular weight excluding hydrogens is 300 g/mol. The van der Waals surface area contributed by atoms with Crippen LogP contribution in [0, 0.1) is 0 Å². The van der Waals surface area contributed by atoms with Crippen molar-refractivity contribution in [2.24, 2.45) is 4.99 Å². The third-order valence-corrected chi connectivity index (χ3v) is 4.35. The van der Waals surface area contributed by atoms with Gasteiger partial charge in [0.05, 0.1) is 6.61 Å². The lowest BCUT2D eigenvalue weighted by atomic mass is 10.1. The number of amides is 1. The van der Waals surface area contributed by atoms with E-state index in [9.17, 15) is 4.79 Å². The van der Waals surface area contributed by atoms with Crippen molar-refractivity contribution in [1.29, 1.82) is 0 Å². The van der Waals surface area contributed by atoms with E-state index in [2.05, 4.69) is 21.9 Å². The summed E-state index contributed by atoms with van der Waals surface area (Å²) in [6.07, 6.45) is 6.16. The Kier molecular flexibility index (Phi) is 9.86. The number of carbonyl (C=O) groups is 1. The Morgan fingerprint density at radius 2 is 2.09 bits per heavy atom. The highest BCUT2D eigenvalue weighted by atomic mass is 32.2. The van der Waals surface area contributed by atoms with E-state index in [1.807, 2.05) is 18.7 Å². The molecule has 0 unspecified atom stereocenters. The summed E-state index contributed by atoms with van der Waals surface area (Å²) in [5.74, 6) is 2.07. The van der Waals surface area contributed by atoms with Crippen LogP contribution in [-0.2, 0) is 4.74 Å². The minimum atomic E-state index is -0.197. The number of thioether (sulfide) groups is 1. The van der Waals surface area contributed by atoms with E-state index in [4.69, 9.17) is 4.74 Å². The quantitative estimate of drug-likeness (QED) is 0.424. The van der Waals surface area contributed by atoms with Gasteiger partial charge < -0.3 is 20.3 Å². The van der Waals surface area contributed by atoms with Gasteiger partial charge in [0.2, 0.25) is 0 Å². The van der Waals surface area contributed by atoms with E-state index in [1.165, 1.54) is 12.2 Å². The molecular formula is C15H30N4O2S. The summed E-state index contributed by atoms with van der Waals surface area (Å²) in [4.78, 5) is 17.7.